The van der Waals surface area contributed by atoms with Gasteiger partial charge >= 0.3 is 0 Å². The normalized spacial score (nSPS) is 22.2. The molecule has 0 unspecified atom stereocenters. The number of amides is 2. The first-order chi connectivity index (χ1) is 25.5. The van der Waals surface area contributed by atoms with Crippen LogP contribution in [0.25, 0.3) is 22.3 Å². The monoisotopic (exact) mass is 717 g/mol. The predicted molar refractivity (Wildman–Crippen MR) is 198 cm³/mol. The van der Waals surface area contributed by atoms with Gasteiger partial charge in [0.05, 0.1) is 34.8 Å². The third kappa shape index (κ3) is 5.58. The molecule has 3 fully saturated rings. The van der Waals surface area contributed by atoms with Crippen LogP contribution in [0.4, 0.5) is 21.6 Å². The van der Waals surface area contributed by atoms with E-state index < -0.39 is 11.2 Å². The maximum atomic E-state index is 14.9. The highest BCUT2D eigenvalue weighted by Gasteiger charge is 2.56. The van der Waals surface area contributed by atoms with Gasteiger partial charge in [0, 0.05) is 61.3 Å². The smallest absolute Gasteiger partial charge is 0.276 e. The number of imidazole rings is 1. The highest BCUT2D eigenvalue weighted by Crippen LogP contribution is 2.52. The second-order valence-corrected chi connectivity index (χ2v) is 16.3. The molecule has 1 N–H and O–H groups in total. The average molecular weight is 718 g/mol. The second kappa shape index (κ2) is 12.5. The molecule has 2 amide bonds. The Balaban J connectivity index is 1.09. The van der Waals surface area contributed by atoms with E-state index in [9.17, 15) is 14.0 Å². The largest absolute Gasteiger partial charge is 0.364 e. The van der Waals surface area contributed by atoms with Crippen LogP contribution < -0.4 is 10.2 Å². The van der Waals surface area contributed by atoms with Crippen molar-refractivity contribution in [3.8, 4) is 11.3 Å². The van der Waals surface area contributed by atoms with Gasteiger partial charge in [0.15, 0.2) is 17.3 Å². The van der Waals surface area contributed by atoms with Crippen molar-refractivity contribution in [3.05, 3.63) is 78.5 Å². The van der Waals surface area contributed by atoms with E-state index in [1.807, 2.05) is 16.7 Å². The molecule has 12 nitrogen and oxygen atoms in total. The first-order valence-corrected chi connectivity index (χ1v) is 18.7. The molecule has 4 aromatic heterocycles. The van der Waals surface area contributed by atoms with Gasteiger partial charge in [0.25, 0.3) is 5.91 Å². The first-order valence-electron chi connectivity index (χ1n) is 18.7. The fourth-order valence-electron chi connectivity index (χ4n) is 9.00. The fraction of sp³-hybridized carbons (Fsp3) is 0.450. The summed E-state index contributed by atoms with van der Waals surface area (Å²) in [6, 6.07) is 12.0. The number of rotatable bonds is 7. The Hall–Kier alpha value is -5.17. The zero-order valence-electron chi connectivity index (χ0n) is 30.5. The topological polar surface area (TPSA) is 126 Å². The molecule has 9 rings (SSSR count). The molecule has 1 aliphatic carbocycles. The van der Waals surface area contributed by atoms with E-state index in [-0.39, 0.29) is 35.3 Å². The average Bonchev–Trinajstić information content (AvgIpc) is 3.93. The molecule has 7 heterocycles. The Morgan fingerprint density at radius 3 is 2.55 bits per heavy atom. The van der Waals surface area contributed by atoms with Crippen molar-refractivity contribution in [1.82, 2.24) is 34.5 Å². The summed E-state index contributed by atoms with van der Waals surface area (Å²) in [5, 5.41) is 7.07. The standard InChI is InChI=1S/C40H44FN9O3/c1-24(2)49-23-43-33-20-32(45-36(35(33)49)44-30-7-12-42-21-29(30)41)25-5-6-28-34(17-25)50(27-18-26(19-27)48-13-9-39(3,4)22-48)38(52)40(28)10-14-47(15-11-40)37(51)31-8-16-53-46-31/h5-8,12,16-17,20-21,23-24,26-27H,9-11,13-15,18-19,22H2,1-4H3,(H,42,44,45)/t26-,27+. The van der Waals surface area contributed by atoms with Crippen LogP contribution in [-0.2, 0) is 10.2 Å². The number of benzene rings is 1. The molecule has 1 aromatic carbocycles. The summed E-state index contributed by atoms with van der Waals surface area (Å²) < 4.78 is 21.8. The summed E-state index contributed by atoms with van der Waals surface area (Å²) in [6.45, 7) is 11.9. The molecule has 0 radical (unpaired) electrons. The lowest BCUT2D eigenvalue weighted by atomic mass is 9.73. The third-order valence-electron chi connectivity index (χ3n) is 12.1. The molecular formula is C40H44FN9O3. The maximum absolute atomic E-state index is 14.9. The number of hydrogen-bond donors (Lipinski definition) is 1. The number of carbonyl (C=O) groups excluding carboxylic acids is 2. The van der Waals surface area contributed by atoms with Crippen LogP contribution in [0.2, 0.25) is 0 Å². The molecule has 2 saturated heterocycles. The number of fused-ring (bicyclic) bond motifs is 3. The maximum Gasteiger partial charge on any atom is 0.276 e. The predicted octanol–water partition coefficient (Wildman–Crippen LogP) is 6.73. The molecular weight excluding hydrogens is 673 g/mol. The lowest BCUT2D eigenvalue weighted by Crippen LogP contribution is -2.57. The van der Waals surface area contributed by atoms with Crippen molar-refractivity contribution in [1.29, 1.82) is 0 Å². The zero-order valence-corrected chi connectivity index (χ0v) is 30.5. The molecule has 4 aliphatic rings. The lowest BCUT2D eigenvalue weighted by Gasteiger charge is -2.46. The SMILES string of the molecule is CC(C)n1cnc2cc(-c3ccc4c(c3)N([C@H]3C[C@@H](N5CCC(C)(C)C5)C3)C(=O)C43CCN(C(=O)c4ccon4)CC3)nc(Nc3ccncc3F)c21. The van der Waals surface area contributed by atoms with Crippen LogP contribution in [0.3, 0.4) is 0 Å². The van der Waals surface area contributed by atoms with E-state index in [4.69, 9.17) is 14.5 Å². The van der Waals surface area contributed by atoms with Crippen molar-refractivity contribution in [2.45, 2.75) is 83.3 Å². The second-order valence-electron chi connectivity index (χ2n) is 16.3. The molecule has 3 aliphatic heterocycles. The van der Waals surface area contributed by atoms with Crippen LogP contribution in [0.1, 0.15) is 81.9 Å². The van der Waals surface area contributed by atoms with Crippen molar-refractivity contribution in [2.24, 2.45) is 5.41 Å². The zero-order chi connectivity index (χ0) is 36.6. The van der Waals surface area contributed by atoms with Crippen molar-refractivity contribution < 1.29 is 18.5 Å². The number of carbonyl (C=O) groups is 2. The van der Waals surface area contributed by atoms with Gasteiger partial charge in [0.2, 0.25) is 5.91 Å². The van der Waals surface area contributed by atoms with Crippen LogP contribution in [0.15, 0.2) is 65.9 Å². The van der Waals surface area contributed by atoms with E-state index in [1.165, 1.54) is 18.9 Å². The van der Waals surface area contributed by atoms with Gasteiger partial charge < -0.3 is 24.2 Å². The van der Waals surface area contributed by atoms with Gasteiger partial charge in [-0.1, -0.05) is 31.1 Å². The first kappa shape index (κ1) is 33.7. The molecule has 0 atom stereocenters. The van der Waals surface area contributed by atoms with Crippen molar-refractivity contribution in [3.63, 3.8) is 0 Å². The molecule has 0 bridgehead atoms. The molecule has 1 saturated carbocycles. The number of pyridine rings is 2. The molecule has 1 spiro atoms. The Morgan fingerprint density at radius 1 is 1.04 bits per heavy atom. The Morgan fingerprint density at radius 2 is 1.85 bits per heavy atom. The summed E-state index contributed by atoms with van der Waals surface area (Å²) in [5.74, 6) is -0.0546. The fourth-order valence-corrected chi connectivity index (χ4v) is 9.00. The molecule has 274 valence electrons. The van der Waals surface area contributed by atoms with Crippen molar-refractivity contribution >= 4 is 40.0 Å². The van der Waals surface area contributed by atoms with Crippen LogP contribution in [0.5, 0.6) is 0 Å². The van der Waals surface area contributed by atoms with Gasteiger partial charge in [-0.15, -0.1) is 0 Å². The van der Waals surface area contributed by atoms with E-state index in [1.54, 1.807) is 29.6 Å². The Bertz CT molecular complexity index is 2220. The number of hydrogen-bond acceptors (Lipinski definition) is 9. The molecule has 53 heavy (non-hydrogen) atoms. The van der Waals surface area contributed by atoms with Gasteiger partial charge in [-0.3, -0.25) is 19.5 Å². The van der Waals surface area contributed by atoms with E-state index in [0.717, 1.165) is 53.8 Å². The lowest BCUT2D eigenvalue weighted by molar-refractivity contribution is -0.125. The minimum absolute atomic E-state index is 0.0865. The summed E-state index contributed by atoms with van der Waals surface area (Å²) in [4.78, 5) is 48.2. The number of piperidine rings is 1. The van der Waals surface area contributed by atoms with E-state index in [0.29, 0.717) is 48.9 Å². The van der Waals surface area contributed by atoms with Crippen LogP contribution >= 0.6 is 0 Å². The number of anilines is 3. The van der Waals surface area contributed by atoms with Gasteiger partial charge in [-0.2, -0.15) is 0 Å². The number of nitrogens with one attached hydrogen (secondary N) is 1. The quantitative estimate of drug-likeness (QED) is 0.195. The van der Waals surface area contributed by atoms with Gasteiger partial charge in [-0.25, -0.2) is 14.4 Å². The Kier molecular flexibility index (Phi) is 7.91. The van der Waals surface area contributed by atoms with Crippen molar-refractivity contribution in [2.75, 3.05) is 36.4 Å². The van der Waals surface area contributed by atoms with E-state index in [2.05, 4.69) is 65.1 Å². The molecule has 13 heteroatoms. The molecule has 5 aromatic rings. The minimum atomic E-state index is -0.728. The van der Waals surface area contributed by atoms with Crippen LogP contribution in [0, 0.1) is 11.2 Å². The van der Waals surface area contributed by atoms with Crippen LogP contribution in [-0.4, -0.2) is 84.6 Å². The number of likely N-dealkylation sites (tertiary alicyclic amines) is 2. The summed E-state index contributed by atoms with van der Waals surface area (Å²) in [5.41, 5.74) is 5.06. The van der Waals surface area contributed by atoms with Gasteiger partial charge in [0.1, 0.15) is 11.8 Å². The Labute approximate surface area is 307 Å². The summed E-state index contributed by atoms with van der Waals surface area (Å²) >= 11 is 0. The highest BCUT2D eigenvalue weighted by molar-refractivity contribution is 6.09. The summed E-state index contributed by atoms with van der Waals surface area (Å²) in [6.07, 6.45) is 10.0. The number of nitrogens with zero attached hydrogens (tertiary/aromatic N) is 8. The van der Waals surface area contributed by atoms with Gasteiger partial charge in [-0.05, 0) is 81.7 Å². The number of aromatic nitrogens is 5. The third-order valence-corrected chi connectivity index (χ3v) is 12.1. The highest BCUT2D eigenvalue weighted by atomic mass is 19.1. The summed E-state index contributed by atoms with van der Waals surface area (Å²) in [7, 11) is 0. The van der Waals surface area contributed by atoms with E-state index >= 15 is 0 Å². The minimum Gasteiger partial charge on any atom is -0.364 e. The number of halogens is 1.